The third-order valence-corrected chi connectivity index (χ3v) is 3.42. The van der Waals surface area contributed by atoms with E-state index in [-0.39, 0.29) is 5.82 Å². The zero-order valence-corrected chi connectivity index (χ0v) is 10.3. The Morgan fingerprint density at radius 1 is 1.35 bits per heavy atom. The smallest absolute Gasteiger partial charge is 0.128 e. The van der Waals surface area contributed by atoms with Gasteiger partial charge in [0.05, 0.1) is 6.61 Å². The molecule has 0 aliphatic heterocycles. The van der Waals surface area contributed by atoms with E-state index < -0.39 is 0 Å². The summed E-state index contributed by atoms with van der Waals surface area (Å²) in [6.45, 7) is 2.96. The van der Waals surface area contributed by atoms with Gasteiger partial charge in [-0.25, -0.2) is 4.39 Å². The molecular formula is C14H20FNO. The highest BCUT2D eigenvalue weighted by Crippen LogP contribution is 2.29. The lowest BCUT2D eigenvalue weighted by molar-refractivity contribution is 0.182. The highest BCUT2D eigenvalue weighted by molar-refractivity contribution is 5.44. The van der Waals surface area contributed by atoms with Crippen LogP contribution in [0.3, 0.4) is 0 Å². The summed E-state index contributed by atoms with van der Waals surface area (Å²) in [4.78, 5) is 0. The number of nitrogen functional groups attached to an aromatic ring is 1. The fraction of sp³-hybridized carbons (Fsp3) is 0.571. The van der Waals surface area contributed by atoms with Gasteiger partial charge < -0.3 is 10.5 Å². The van der Waals surface area contributed by atoms with Crippen LogP contribution in [0.5, 0.6) is 5.75 Å². The SMILES string of the molecule is CC1CCCC(COc2cc(N)cc(F)c2)C1. The maximum atomic E-state index is 13.1. The summed E-state index contributed by atoms with van der Waals surface area (Å²) in [7, 11) is 0. The van der Waals surface area contributed by atoms with E-state index in [1.807, 2.05) is 0 Å². The van der Waals surface area contributed by atoms with Gasteiger partial charge in [0, 0.05) is 17.8 Å². The summed E-state index contributed by atoms with van der Waals surface area (Å²) in [5.74, 6) is 1.59. The van der Waals surface area contributed by atoms with E-state index in [2.05, 4.69) is 6.92 Å². The predicted molar refractivity (Wildman–Crippen MR) is 67.4 cm³/mol. The Bertz CT molecular complexity index is 360. The van der Waals surface area contributed by atoms with Crippen LogP contribution in [0, 0.1) is 17.7 Å². The molecule has 0 spiro atoms. The van der Waals surface area contributed by atoms with Crippen molar-refractivity contribution in [2.24, 2.45) is 11.8 Å². The second kappa shape index (κ2) is 5.39. The molecule has 0 heterocycles. The Labute approximate surface area is 102 Å². The average Bonchev–Trinajstić information content (AvgIpc) is 2.25. The molecule has 0 radical (unpaired) electrons. The maximum Gasteiger partial charge on any atom is 0.128 e. The standard InChI is InChI=1S/C14H20FNO/c1-10-3-2-4-11(5-10)9-17-14-7-12(15)6-13(16)8-14/h6-8,10-11H,2-5,9,16H2,1H3. The molecule has 1 aliphatic carbocycles. The summed E-state index contributed by atoms with van der Waals surface area (Å²) in [6, 6.07) is 4.37. The van der Waals surface area contributed by atoms with E-state index in [1.54, 1.807) is 6.07 Å². The van der Waals surface area contributed by atoms with Crippen molar-refractivity contribution in [3.8, 4) is 5.75 Å². The number of rotatable bonds is 3. The fourth-order valence-corrected chi connectivity index (χ4v) is 2.59. The topological polar surface area (TPSA) is 35.2 Å². The minimum Gasteiger partial charge on any atom is -0.493 e. The van der Waals surface area contributed by atoms with Crippen LogP contribution in [0.15, 0.2) is 18.2 Å². The van der Waals surface area contributed by atoms with E-state index in [4.69, 9.17) is 10.5 Å². The molecular weight excluding hydrogens is 217 g/mol. The monoisotopic (exact) mass is 237 g/mol. The number of hydrogen-bond donors (Lipinski definition) is 1. The van der Waals surface area contributed by atoms with Gasteiger partial charge in [-0.2, -0.15) is 0 Å². The molecule has 0 saturated heterocycles. The van der Waals surface area contributed by atoms with E-state index in [0.717, 1.165) is 5.92 Å². The summed E-state index contributed by atoms with van der Waals surface area (Å²) < 4.78 is 18.7. The van der Waals surface area contributed by atoms with Crippen molar-refractivity contribution in [1.82, 2.24) is 0 Å². The van der Waals surface area contributed by atoms with E-state index in [0.29, 0.717) is 24.0 Å². The minimum absolute atomic E-state index is 0.336. The van der Waals surface area contributed by atoms with Gasteiger partial charge in [-0.1, -0.05) is 19.8 Å². The highest BCUT2D eigenvalue weighted by atomic mass is 19.1. The van der Waals surface area contributed by atoms with Crippen molar-refractivity contribution in [2.75, 3.05) is 12.3 Å². The van der Waals surface area contributed by atoms with Crippen molar-refractivity contribution < 1.29 is 9.13 Å². The van der Waals surface area contributed by atoms with Crippen LogP contribution in [0.25, 0.3) is 0 Å². The molecule has 1 aromatic carbocycles. The molecule has 0 amide bonds. The lowest BCUT2D eigenvalue weighted by atomic mass is 9.83. The number of ether oxygens (including phenoxy) is 1. The first-order valence-corrected chi connectivity index (χ1v) is 6.32. The molecule has 2 rings (SSSR count). The summed E-state index contributed by atoms with van der Waals surface area (Å²) in [5.41, 5.74) is 5.98. The summed E-state index contributed by atoms with van der Waals surface area (Å²) >= 11 is 0. The second-order valence-electron chi connectivity index (χ2n) is 5.17. The summed E-state index contributed by atoms with van der Waals surface area (Å²) in [5, 5.41) is 0. The zero-order chi connectivity index (χ0) is 12.3. The zero-order valence-electron chi connectivity index (χ0n) is 10.3. The quantitative estimate of drug-likeness (QED) is 0.815. The van der Waals surface area contributed by atoms with E-state index in [1.165, 1.54) is 37.8 Å². The molecule has 2 unspecified atom stereocenters. The molecule has 0 bridgehead atoms. The molecule has 1 aromatic rings. The highest BCUT2D eigenvalue weighted by Gasteiger charge is 2.19. The Kier molecular flexibility index (Phi) is 3.87. The van der Waals surface area contributed by atoms with Crippen LogP contribution in [-0.2, 0) is 0 Å². The van der Waals surface area contributed by atoms with Gasteiger partial charge >= 0.3 is 0 Å². The molecule has 2 nitrogen and oxygen atoms in total. The van der Waals surface area contributed by atoms with Gasteiger partial charge in [-0.3, -0.25) is 0 Å². The number of hydrogen-bond acceptors (Lipinski definition) is 2. The fourth-order valence-electron chi connectivity index (χ4n) is 2.59. The average molecular weight is 237 g/mol. The number of halogens is 1. The van der Waals surface area contributed by atoms with Gasteiger partial charge in [-0.05, 0) is 30.7 Å². The Balaban J connectivity index is 1.88. The molecule has 94 valence electrons. The minimum atomic E-state index is -0.336. The molecule has 1 saturated carbocycles. The van der Waals surface area contributed by atoms with Gasteiger partial charge in [0.25, 0.3) is 0 Å². The van der Waals surface area contributed by atoms with Crippen LogP contribution >= 0.6 is 0 Å². The van der Waals surface area contributed by atoms with Crippen LogP contribution < -0.4 is 10.5 Å². The van der Waals surface area contributed by atoms with Gasteiger partial charge in [0.1, 0.15) is 11.6 Å². The van der Waals surface area contributed by atoms with Gasteiger partial charge in [-0.15, -0.1) is 0 Å². The first kappa shape index (κ1) is 12.2. The number of nitrogens with two attached hydrogens (primary N) is 1. The maximum absolute atomic E-state index is 13.1. The van der Waals surface area contributed by atoms with Crippen LogP contribution in [-0.4, -0.2) is 6.61 Å². The van der Waals surface area contributed by atoms with Crippen LogP contribution in [0.4, 0.5) is 10.1 Å². The Morgan fingerprint density at radius 3 is 2.88 bits per heavy atom. The van der Waals surface area contributed by atoms with Crippen molar-refractivity contribution in [2.45, 2.75) is 32.6 Å². The number of benzene rings is 1. The van der Waals surface area contributed by atoms with Gasteiger partial charge in [0.15, 0.2) is 0 Å². The molecule has 17 heavy (non-hydrogen) atoms. The summed E-state index contributed by atoms with van der Waals surface area (Å²) in [6.07, 6.45) is 5.03. The van der Waals surface area contributed by atoms with E-state index >= 15 is 0 Å². The molecule has 1 fully saturated rings. The Morgan fingerprint density at radius 2 is 2.18 bits per heavy atom. The molecule has 3 heteroatoms. The first-order chi connectivity index (χ1) is 8.13. The van der Waals surface area contributed by atoms with Crippen molar-refractivity contribution in [3.05, 3.63) is 24.0 Å². The largest absolute Gasteiger partial charge is 0.493 e. The molecule has 2 N–H and O–H groups in total. The third kappa shape index (κ3) is 3.62. The van der Waals surface area contributed by atoms with E-state index in [9.17, 15) is 4.39 Å². The normalized spacial score (nSPS) is 24.6. The van der Waals surface area contributed by atoms with Crippen molar-refractivity contribution >= 4 is 5.69 Å². The molecule has 0 aromatic heterocycles. The number of anilines is 1. The third-order valence-electron chi connectivity index (χ3n) is 3.42. The van der Waals surface area contributed by atoms with Crippen molar-refractivity contribution in [1.29, 1.82) is 0 Å². The molecule has 1 aliphatic rings. The van der Waals surface area contributed by atoms with Crippen molar-refractivity contribution in [3.63, 3.8) is 0 Å². The lowest BCUT2D eigenvalue weighted by Gasteiger charge is -2.26. The van der Waals surface area contributed by atoms with Crippen LogP contribution in [0.1, 0.15) is 32.6 Å². The predicted octanol–water partition coefficient (Wildman–Crippen LogP) is 3.61. The van der Waals surface area contributed by atoms with Gasteiger partial charge in [0.2, 0.25) is 0 Å². The molecule has 2 atom stereocenters. The lowest BCUT2D eigenvalue weighted by Crippen LogP contribution is -2.19. The first-order valence-electron chi connectivity index (χ1n) is 6.32. The second-order valence-corrected chi connectivity index (χ2v) is 5.17. The van der Waals surface area contributed by atoms with Crippen LogP contribution in [0.2, 0.25) is 0 Å². The Hall–Kier alpha value is -1.25.